The number of aromatic nitrogens is 1. The number of hydrogen-bond acceptors (Lipinski definition) is 5. The Morgan fingerprint density at radius 1 is 1.22 bits per heavy atom. The van der Waals surface area contributed by atoms with Crippen molar-refractivity contribution in [2.24, 2.45) is 0 Å². The first-order chi connectivity index (χ1) is 13.0. The average Bonchev–Trinajstić information content (AvgIpc) is 3.03. The topological polar surface area (TPSA) is 73.6 Å². The van der Waals surface area contributed by atoms with Gasteiger partial charge in [0.25, 0.3) is 5.91 Å². The number of ether oxygens (including phenoxy) is 2. The van der Waals surface area contributed by atoms with Crippen molar-refractivity contribution in [2.75, 3.05) is 19.5 Å². The maximum atomic E-state index is 14.3. The summed E-state index contributed by atoms with van der Waals surface area (Å²) in [5.74, 6) is 0.0693. The van der Waals surface area contributed by atoms with Crippen LogP contribution in [0.15, 0.2) is 40.9 Å². The maximum Gasteiger partial charge on any atom is 0.261 e. The lowest BCUT2D eigenvalue weighted by Crippen LogP contribution is -2.14. The second kappa shape index (κ2) is 7.67. The lowest BCUT2D eigenvalue weighted by Gasteiger charge is -2.12. The number of carbonyl (C=O) groups excluding carboxylic acids is 1. The van der Waals surface area contributed by atoms with Crippen LogP contribution in [0, 0.1) is 12.7 Å². The van der Waals surface area contributed by atoms with E-state index in [9.17, 15) is 9.18 Å². The lowest BCUT2D eigenvalue weighted by molar-refractivity contribution is 0.102. The molecule has 0 atom stereocenters. The molecule has 3 aromatic rings. The van der Waals surface area contributed by atoms with Gasteiger partial charge in [0.05, 0.1) is 30.5 Å². The largest absolute Gasteiger partial charge is 0.497 e. The number of methoxy groups -OCH3 is 2. The minimum Gasteiger partial charge on any atom is -0.497 e. The van der Waals surface area contributed by atoms with E-state index in [2.05, 4.69) is 10.5 Å². The van der Waals surface area contributed by atoms with Gasteiger partial charge < -0.3 is 19.3 Å². The predicted molar refractivity (Wildman–Crippen MR) is 99.1 cm³/mol. The van der Waals surface area contributed by atoms with E-state index in [1.165, 1.54) is 32.4 Å². The van der Waals surface area contributed by atoms with Gasteiger partial charge in [0.15, 0.2) is 0 Å². The molecule has 2 aromatic carbocycles. The summed E-state index contributed by atoms with van der Waals surface area (Å²) < 4.78 is 29.8. The van der Waals surface area contributed by atoms with Crippen LogP contribution in [0.4, 0.5) is 10.1 Å². The van der Waals surface area contributed by atoms with Crippen molar-refractivity contribution in [2.45, 2.75) is 6.92 Å². The fourth-order valence-corrected chi connectivity index (χ4v) is 2.87. The first kappa shape index (κ1) is 18.7. The van der Waals surface area contributed by atoms with Gasteiger partial charge in [-0.1, -0.05) is 22.8 Å². The monoisotopic (exact) mass is 390 g/mol. The van der Waals surface area contributed by atoms with Crippen LogP contribution < -0.4 is 14.8 Å². The molecule has 6 nitrogen and oxygen atoms in total. The Kier molecular flexibility index (Phi) is 5.32. The lowest BCUT2D eigenvalue weighted by atomic mass is 10.0. The standard InChI is InChI=1S/C19H16ClFN2O4/c1-10-16(18(23-27-10)17-12(20)5-4-6-13(17)21)19(24)22-14-8-7-11(25-2)9-15(14)26-3/h4-9H,1-3H3,(H,22,24). The number of hydrogen-bond donors (Lipinski definition) is 1. The summed E-state index contributed by atoms with van der Waals surface area (Å²) in [6.45, 7) is 1.56. The van der Waals surface area contributed by atoms with Crippen LogP contribution in [0.25, 0.3) is 11.3 Å². The third kappa shape index (κ3) is 3.59. The SMILES string of the molecule is COc1ccc(NC(=O)c2c(-c3c(F)cccc3Cl)noc2C)c(OC)c1. The molecular weight excluding hydrogens is 375 g/mol. The Labute approximate surface area is 159 Å². The molecule has 1 amide bonds. The summed E-state index contributed by atoms with van der Waals surface area (Å²) in [6.07, 6.45) is 0. The molecule has 0 unspecified atom stereocenters. The smallest absolute Gasteiger partial charge is 0.261 e. The van der Waals surface area contributed by atoms with E-state index in [1.807, 2.05) is 0 Å². The number of halogens is 2. The molecule has 0 aliphatic rings. The third-order valence-corrected chi connectivity index (χ3v) is 4.26. The first-order valence-corrected chi connectivity index (χ1v) is 8.28. The summed E-state index contributed by atoms with van der Waals surface area (Å²) in [5.41, 5.74) is 0.526. The molecule has 0 fully saturated rings. The number of rotatable bonds is 5. The number of nitrogens with one attached hydrogen (secondary N) is 1. The van der Waals surface area contributed by atoms with Crippen molar-refractivity contribution in [1.82, 2.24) is 5.16 Å². The number of carbonyl (C=O) groups is 1. The second-order valence-corrected chi connectivity index (χ2v) is 5.99. The van der Waals surface area contributed by atoms with Crippen LogP contribution in [-0.2, 0) is 0 Å². The minimum atomic E-state index is -0.605. The third-order valence-electron chi connectivity index (χ3n) is 3.95. The van der Waals surface area contributed by atoms with Gasteiger partial charge in [0.2, 0.25) is 0 Å². The van der Waals surface area contributed by atoms with E-state index in [0.29, 0.717) is 17.2 Å². The zero-order valence-corrected chi connectivity index (χ0v) is 15.6. The van der Waals surface area contributed by atoms with E-state index in [4.69, 9.17) is 25.6 Å². The first-order valence-electron chi connectivity index (χ1n) is 7.90. The summed E-state index contributed by atoms with van der Waals surface area (Å²) in [4.78, 5) is 12.9. The molecule has 1 aromatic heterocycles. The molecule has 0 saturated heterocycles. The molecule has 0 saturated carbocycles. The van der Waals surface area contributed by atoms with Crippen LogP contribution in [0.5, 0.6) is 11.5 Å². The molecular formula is C19H16ClFN2O4. The Bertz CT molecular complexity index is 983. The van der Waals surface area contributed by atoms with E-state index in [0.717, 1.165) is 0 Å². The summed E-state index contributed by atoms with van der Waals surface area (Å²) in [7, 11) is 3.00. The molecule has 1 heterocycles. The number of aryl methyl sites for hydroxylation is 1. The van der Waals surface area contributed by atoms with Gasteiger partial charge in [-0.25, -0.2) is 4.39 Å². The van der Waals surface area contributed by atoms with Crippen LogP contribution in [-0.4, -0.2) is 25.3 Å². The Morgan fingerprint density at radius 3 is 2.67 bits per heavy atom. The minimum absolute atomic E-state index is 0.00265. The molecule has 0 aliphatic heterocycles. The molecule has 0 radical (unpaired) electrons. The Morgan fingerprint density at radius 2 is 2.00 bits per heavy atom. The average molecular weight is 391 g/mol. The van der Waals surface area contributed by atoms with Crippen LogP contribution >= 0.6 is 11.6 Å². The molecule has 1 N–H and O–H groups in total. The fraction of sp³-hybridized carbons (Fsp3) is 0.158. The molecule has 140 valence electrons. The van der Waals surface area contributed by atoms with E-state index >= 15 is 0 Å². The fourth-order valence-electron chi connectivity index (χ4n) is 2.62. The van der Waals surface area contributed by atoms with Crippen molar-refractivity contribution in [3.63, 3.8) is 0 Å². The molecule has 27 heavy (non-hydrogen) atoms. The Hall–Kier alpha value is -3.06. The highest BCUT2D eigenvalue weighted by molar-refractivity contribution is 6.33. The zero-order valence-electron chi connectivity index (χ0n) is 14.8. The van der Waals surface area contributed by atoms with Crippen LogP contribution in [0.2, 0.25) is 5.02 Å². The molecule has 3 rings (SSSR count). The van der Waals surface area contributed by atoms with E-state index < -0.39 is 11.7 Å². The molecule has 0 aliphatic carbocycles. The van der Waals surface area contributed by atoms with Gasteiger partial charge >= 0.3 is 0 Å². The highest BCUT2D eigenvalue weighted by Crippen LogP contribution is 2.35. The molecule has 0 bridgehead atoms. The van der Waals surface area contributed by atoms with Crippen molar-refractivity contribution < 1.29 is 23.2 Å². The summed E-state index contributed by atoms with van der Waals surface area (Å²) in [5, 5.41) is 6.67. The normalized spacial score (nSPS) is 10.6. The van der Waals surface area contributed by atoms with Crippen LogP contribution in [0.1, 0.15) is 16.1 Å². The van der Waals surface area contributed by atoms with Crippen LogP contribution in [0.3, 0.4) is 0 Å². The van der Waals surface area contributed by atoms with Gasteiger partial charge in [-0.05, 0) is 31.2 Å². The number of amides is 1. The molecule has 0 spiro atoms. The van der Waals surface area contributed by atoms with Crippen molar-refractivity contribution in [3.05, 3.63) is 58.6 Å². The highest BCUT2D eigenvalue weighted by atomic mass is 35.5. The van der Waals surface area contributed by atoms with Crippen molar-refractivity contribution >= 4 is 23.2 Å². The maximum absolute atomic E-state index is 14.3. The number of anilines is 1. The van der Waals surface area contributed by atoms with Gasteiger partial charge in [-0.15, -0.1) is 0 Å². The van der Waals surface area contributed by atoms with E-state index in [-0.39, 0.29) is 27.6 Å². The van der Waals surface area contributed by atoms with Gasteiger partial charge in [-0.2, -0.15) is 0 Å². The van der Waals surface area contributed by atoms with Gasteiger partial charge in [0.1, 0.15) is 34.3 Å². The zero-order chi connectivity index (χ0) is 19.6. The highest BCUT2D eigenvalue weighted by Gasteiger charge is 2.26. The predicted octanol–water partition coefficient (Wildman–Crippen LogP) is 4.71. The Balaban J connectivity index is 2.01. The molecule has 8 heteroatoms. The summed E-state index contributed by atoms with van der Waals surface area (Å²) >= 11 is 6.10. The van der Waals surface area contributed by atoms with E-state index in [1.54, 1.807) is 25.1 Å². The summed E-state index contributed by atoms with van der Waals surface area (Å²) in [6, 6.07) is 9.15. The van der Waals surface area contributed by atoms with Crippen molar-refractivity contribution in [3.8, 4) is 22.8 Å². The van der Waals surface area contributed by atoms with Crippen molar-refractivity contribution in [1.29, 1.82) is 0 Å². The quantitative estimate of drug-likeness (QED) is 0.682. The van der Waals surface area contributed by atoms with Gasteiger partial charge in [0, 0.05) is 6.07 Å². The number of nitrogens with zero attached hydrogens (tertiary/aromatic N) is 1. The number of benzene rings is 2. The second-order valence-electron chi connectivity index (χ2n) is 5.58. The van der Waals surface area contributed by atoms with Gasteiger partial charge in [-0.3, -0.25) is 4.79 Å².